The molecule has 8 nitrogen and oxygen atoms in total. The van der Waals surface area contributed by atoms with Crippen molar-refractivity contribution >= 4 is 18.0 Å². The van der Waals surface area contributed by atoms with Gasteiger partial charge in [-0.3, -0.25) is 4.79 Å². The fourth-order valence-corrected chi connectivity index (χ4v) is 5.44. The molecule has 26 heavy (non-hydrogen) atoms. The lowest BCUT2D eigenvalue weighted by atomic mass is 9.71. The summed E-state index contributed by atoms with van der Waals surface area (Å²) in [6, 6.07) is 0.200. The first kappa shape index (κ1) is 15.9. The van der Waals surface area contributed by atoms with Crippen LogP contribution in [-0.2, 0) is 9.53 Å². The second-order valence-corrected chi connectivity index (χ2v) is 7.82. The van der Waals surface area contributed by atoms with E-state index < -0.39 is 0 Å². The number of urea groups is 1. The van der Waals surface area contributed by atoms with Crippen molar-refractivity contribution in [3.05, 3.63) is 24.3 Å². The van der Waals surface area contributed by atoms with Gasteiger partial charge < -0.3 is 25.3 Å². The van der Waals surface area contributed by atoms with Gasteiger partial charge in [0, 0.05) is 30.7 Å². The van der Waals surface area contributed by atoms with Crippen molar-refractivity contribution in [2.45, 2.75) is 56.0 Å². The predicted octanol–water partition coefficient (Wildman–Crippen LogP) is 0.990. The van der Waals surface area contributed by atoms with E-state index in [0.717, 1.165) is 37.8 Å². The maximum absolute atomic E-state index is 12.8. The van der Waals surface area contributed by atoms with Gasteiger partial charge in [-0.15, -0.1) is 0 Å². The molecule has 2 unspecified atom stereocenters. The van der Waals surface area contributed by atoms with E-state index in [9.17, 15) is 9.59 Å². The lowest BCUT2D eigenvalue weighted by molar-refractivity contribution is -0.132. The summed E-state index contributed by atoms with van der Waals surface area (Å²) in [5.74, 6) is 0.322. The van der Waals surface area contributed by atoms with Gasteiger partial charge in [0.2, 0.25) is 5.91 Å². The Hall–Kier alpha value is -2.35. The number of amides is 3. The minimum atomic E-state index is -0.251. The number of rotatable bonds is 2. The number of carbonyl (C=O) groups excluding carboxylic acids is 2. The van der Waals surface area contributed by atoms with E-state index in [1.54, 1.807) is 24.7 Å². The van der Waals surface area contributed by atoms with Crippen LogP contribution < -0.4 is 10.6 Å². The van der Waals surface area contributed by atoms with E-state index in [1.807, 2.05) is 4.90 Å². The molecule has 3 amide bonds. The van der Waals surface area contributed by atoms with Gasteiger partial charge in [0.05, 0.1) is 23.8 Å². The molecule has 4 aliphatic rings. The number of hydrogen-bond acceptors (Lipinski definition) is 4. The van der Waals surface area contributed by atoms with Crippen LogP contribution >= 0.6 is 0 Å². The van der Waals surface area contributed by atoms with Gasteiger partial charge in [0.15, 0.2) is 0 Å². The average Bonchev–Trinajstić information content (AvgIpc) is 3.33. The van der Waals surface area contributed by atoms with E-state index >= 15 is 0 Å². The van der Waals surface area contributed by atoms with Crippen molar-refractivity contribution in [1.29, 1.82) is 0 Å². The van der Waals surface area contributed by atoms with Crippen molar-refractivity contribution in [3.63, 3.8) is 0 Å². The molecule has 4 saturated heterocycles. The minimum absolute atomic E-state index is 0.0430. The highest BCUT2D eigenvalue weighted by atomic mass is 16.5. The number of imidazole rings is 1. The SMILES string of the molecule is O=C1N[C@H]2OCC[C@H]2C2(CC3CCC(C2)N3C(=O)C=Cc2cnc[nH]2)N1. The third-order valence-corrected chi connectivity index (χ3v) is 6.44. The van der Waals surface area contributed by atoms with Crippen LogP contribution in [0.3, 0.4) is 0 Å². The van der Waals surface area contributed by atoms with Crippen molar-refractivity contribution in [2.75, 3.05) is 6.61 Å². The second kappa shape index (κ2) is 5.84. The molecule has 1 aromatic rings. The predicted molar refractivity (Wildman–Crippen MR) is 92.8 cm³/mol. The van der Waals surface area contributed by atoms with Crippen molar-refractivity contribution in [2.24, 2.45) is 5.92 Å². The third-order valence-electron chi connectivity index (χ3n) is 6.44. The zero-order valence-corrected chi connectivity index (χ0v) is 14.5. The number of aromatic nitrogens is 2. The molecule has 1 spiro atoms. The number of hydrogen-bond donors (Lipinski definition) is 3. The Morgan fingerprint density at radius 2 is 2.12 bits per heavy atom. The van der Waals surface area contributed by atoms with E-state index in [2.05, 4.69) is 20.6 Å². The molecule has 8 heteroatoms. The molecule has 5 heterocycles. The Kier molecular flexibility index (Phi) is 3.56. The van der Waals surface area contributed by atoms with Crippen molar-refractivity contribution in [3.8, 4) is 0 Å². The van der Waals surface area contributed by atoms with Crippen LogP contribution in [0, 0.1) is 5.92 Å². The normalized spacial score (nSPS) is 38.5. The molecule has 0 aliphatic carbocycles. The van der Waals surface area contributed by atoms with E-state index in [4.69, 9.17) is 4.74 Å². The molecule has 4 aliphatic heterocycles. The number of nitrogens with one attached hydrogen (secondary N) is 3. The van der Waals surface area contributed by atoms with E-state index in [0.29, 0.717) is 6.61 Å². The Morgan fingerprint density at radius 1 is 1.31 bits per heavy atom. The highest BCUT2D eigenvalue weighted by Crippen LogP contribution is 2.48. The molecule has 1 aromatic heterocycles. The van der Waals surface area contributed by atoms with E-state index in [-0.39, 0.29) is 41.7 Å². The van der Waals surface area contributed by atoms with Gasteiger partial charge in [0.1, 0.15) is 6.23 Å². The number of nitrogens with zero attached hydrogens (tertiary/aromatic N) is 2. The molecule has 4 fully saturated rings. The zero-order valence-electron chi connectivity index (χ0n) is 14.5. The van der Waals surface area contributed by atoms with Gasteiger partial charge in [-0.05, 0) is 38.2 Å². The smallest absolute Gasteiger partial charge is 0.317 e. The quantitative estimate of drug-likeness (QED) is 0.687. The fraction of sp³-hybridized carbons (Fsp3) is 0.611. The van der Waals surface area contributed by atoms with E-state index in [1.165, 1.54) is 0 Å². The standard InChI is InChI=1S/C18H23N5O3/c24-15(4-1-11-9-19-10-20-11)23-12-2-3-13(23)8-18(7-12)14-5-6-26-16(14)21-17(25)22-18/h1,4,9-10,12-14,16H,2-3,5-8H2,(H,19,20)(H2,21,22,25)/t12?,13?,14-,16+,18?/m1/s1. The van der Waals surface area contributed by atoms with Gasteiger partial charge >= 0.3 is 6.03 Å². The summed E-state index contributed by atoms with van der Waals surface area (Å²) in [4.78, 5) is 33.9. The number of carbonyl (C=O) groups is 2. The first-order valence-electron chi connectivity index (χ1n) is 9.34. The first-order chi connectivity index (χ1) is 12.6. The molecule has 0 saturated carbocycles. The second-order valence-electron chi connectivity index (χ2n) is 7.82. The van der Waals surface area contributed by atoms with Gasteiger partial charge in [0.25, 0.3) is 0 Å². The van der Waals surface area contributed by atoms with Crippen LogP contribution in [-0.4, -0.2) is 57.3 Å². The molecule has 3 N–H and O–H groups in total. The molecule has 4 atom stereocenters. The van der Waals surface area contributed by atoms with Crippen molar-refractivity contribution < 1.29 is 14.3 Å². The molecular formula is C18H23N5O3. The molecule has 0 aromatic carbocycles. The number of piperidine rings is 1. The highest BCUT2D eigenvalue weighted by molar-refractivity contribution is 5.92. The number of H-pyrrole nitrogens is 1. The zero-order chi connectivity index (χ0) is 17.7. The number of fused-ring (bicyclic) bond motifs is 4. The summed E-state index contributed by atoms with van der Waals surface area (Å²) in [6.45, 7) is 0.684. The minimum Gasteiger partial charge on any atom is -0.358 e. The molecule has 138 valence electrons. The highest BCUT2D eigenvalue weighted by Gasteiger charge is 2.58. The molecule has 2 bridgehead atoms. The van der Waals surface area contributed by atoms with Gasteiger partial charge in [-0.1, -0.05) is 0 Å². The summed E-state index contributed by atoms with van der Waals surface area (Å²) in [5.41, 5.74) is 0.565. The summed E-state index contributed by atoms with van der Waals surface area (Å²) in [5, 5.41) is 6.12. The Bertz CT molecular complexity index is 732. The van der Waals surface area contributed by atoms with Crippen molar-refractivity contribution in [1.82, 2.24) is 25.5 Å². The lowest BCUT2D eigenvalue weighted by Gasteiger charge is -2.52. The summed E-state index contributed by atoms with van der Waals surface area (Å²) in [7, 11) is 0. The Labute approximate surface area is 151 Å². The maximum Gasteiger partial charge on any atom is 0.317 e. The third kappa shape index (κ3) is 2.43. The maximum atomic E-state index is 12.8. The average molecular weight is 357 g/mol. The topological polar surface area (TPSA) is 99.3 Å². The summed E-state index contributed by atoms with van der Waals surface area (Å²) >= 11 is 0. The van der Waals surface area contributed by atoms with Gasteiger partial charge in [-0.25, -0.2) is 9.78 Å². The summed E-state index contributed by atoms with van der Waals surface area (Å²) in [6.07, 6.45) is 11.1. The largest absolute Gasteiger partial charge is 0.358 e. The Balaban J connectivity index is 1.36. The summed E-state index contributed by atoms with van der Waals surface area (Å²) < 4.78 is 5.73. The lowest BCUT2D eigenvalue weighted by Crippen LogP contribution is -2.71. The van der Waals surface area contributed by atoms with Crippen LogP contribution in [0.5, 0.6) is 0 Å². The monoisotopic (exact) mass is 357 g/mol. The van der Waals surface area contributed by atoms with Crippen LogP contribution in [0.1, 0.15) is 37.8 Å². The fourth-order valence-electron chi connectivity index (χ4n) is 5.44. The first-order valence-corrected chi connectivity index (χ1v) is 9.34. The van der Waals surface area contributed by atoms with Gasteiger partial charge in [-0.2, -0.15) is 0 Å². The molecular weight excluding hydrogens is 334 g/mol. The molecule has 5 rings (SSSR count). The van der Waals surface area contributed by atoms with Crippen LogP contribution in [0.25, 0.3) is 6.08 Å². The number of aromatic amines is 1. The van der Waals surface area contributed by atoms with Crippen LogP contribution in [0.2, 0.25) is 0 Å². The van der Waals surface area contributed by atoms with Crippen LogP contribution in [0.15, 0.2) is 18.6 Å². The number of ether oxygens (including phenoxy) is 1. The molecule has 0 radical (unpaired) electrons. The van der Waals surface area contributed by atoms with Crippen LogP contribution in [0.4, 0.5) is 4.79 Å². The Morgan fingerprint density at radius 3 is 2.85 bits per heavy atom.